The van der Waals surface area contributed by atoms with Crippen LogP contribution in [-0.2, 0) is 19.6 Å². The molecule has 0 radical (unpaired) electrons. The number of benzene rings is 2. The molecule has 8 nitrogen and oxygen atoms in total. The zero-order valence-electron chi connectivity index (χ0n) is 14.7. The van der Waals surface area contributed by atoms with E-state index >= 15 is 0 Å². The van der Waals surface area contributed by atoms with Gasteiger partial charge in [0.25, 0.3) is 10.1 Å². The van der Waals surface area contributed by atoms with E-state index in [2.05, 4.69) is 5.32 Å². The number of aliphatic carboxylic acids is 1. The second-order valence-electron chi connectivity index (χ2n) is 6.44. The molecule has 28 heavy (non-hydrogen) atoms. The molecule has 0 saturated carbocycles. The Hall–Kier alpha value is -2.91. The predicted molar refractivity (Wildman–Crippen MR) is 101 cm³/mol. The molecule has 0 fully saturated rings. The summed E-state index contributed by atoms with van der Waals surface area (Å²) in [7, 11) is -4.34. The molecule has 0 spiro atoms. The summed E-state index contributed by atoms with van der Waals surface area (Å²) in [5, 5.41) is 11.2. The van der Waals surface area contributed by atoms with E-state index in [1.165, 1.54) is 0 Å². The van der Waals surface area contributed by atoms with Gasteiger partial charge >= 0.3 is 12.1 Å². The molecule has 1 aliphatic rings. The summed E-state index contributed by atoms with van der Waals surface area (Å²) in [6.45, 7) is 0.00446. The number of nitrogens with one attached hydrogen (secondary N) is 1. The number of amides is 1. The Morgan fingerprint density at radius 1 is 1.04 bits per heavy atom. The lowest BCUT2D eigenvalue weighted by Gasteiger charge is -2.17. The molecular weight excluding hydrogens is 386 g/mol. The highest BCUT2D eigenvalue weighted by Crippen LogP contribution is 2.44. The molecule has 0 unspecified atom stereocenters. The molecule has 148 valence electrons. The van der Waals surface area contributed by atoms with Crippen LogP contribution in [-0.4, -0.2) is 48.5 Å². The third-order valence-corrected chi connectivity index (χ3v) is 5.35. The van der Waals surface area contributed by atoms with Gasteiger partial charge in [-0.15, -0.1) is 0 Å². The molecule has 2 aromatic carbocycles. The van der Waals surface area contributed by atoms with Crippen molar-refractivity contribution in [3.63, 3.8) is 0 Å². The number of carbonyl (C=O) groups excluding carboxylic acids is 1. The highest BCUT2D eigenvalue weighted by molar-refractivity contribution is 7.85. The second kappa shape index (κ2) is 7.99. The standard InChI is InChI=1S/C19H19NO7S/c21-18(22)17(9-10-28(24,25)26)20-19(23)27-11-16-14-7-3-1-5-12(14)13-6-2-4-8-15(13)16/h1-8,16-17H,9-11H2,(H,20,23)(H,21,22)(H,24,25,26)/t17-/m0/s1. The Labute approximate surface area is 161 Å². The predicted octanol–water partition coefficient (Wildman–Crippen LogP) is 2.26. The molecule has 1 aliphatic carbocycles. The highest BCUT2D eigenvalue weighted by Gasteiger charge is 2.30. The van der Waals surface area contributed by atoms with Gasteiger partial charge in [0.1, 0.15) is 12.6 Å². The molecule has 0 aromatic heterocycles. The van der Waals surface area contributed by atoms with Crippen molar-refractivity contribution in [2.24, 2.45) is 0 Å². The van der Waals surface area contributed by atoms with Crippen LogP contribution in [0.25, 0.3) is 11.1 Å². The number of rotatable bonds is 7. The van der Waals surface area contributed by atoms with Crippen LogP contribution in [0.5, 0.6) is 0 Å². The van der Waals surface area contributed by atoms with Crippen molar-refractivity contribution in [1.29, 1.82) is 0 Å². The molecule has 2 aromatic rings. The zero-order chi connectivity index (χ0) is 20.3. The fourth-order valence-corrected chi connectivity index (χ4v) is 3.84. The van der Waals surface area contributed by atoms with Gasteiger partial charge in [0.2, 0.25) is 0 Å². The number of hydrogen-bond donors (Lipinski definition) is 3. The first-order valence-electron chi connectivity index (χ1n) is 8.56. The number of fused-ring (bicyclic) bond motifs is 3. The molecule has 0 bridgehead atoms. The van der Waals surface area contributed by atoms with E-state index in [0.29, 0.717) is 0 Å². The minimum absolute atomic E-state index is 0.00446. The first-order chi connectivity index (χ1) is 13.3. The van der Waals surface area contributed by atoms with Crippen molar-refractivity contribution >= 4 is 22.2 Å². The minimum atomic E-state index is -4.34. The van der Waals surface area contributed by atoms with E-state index in [4.69, 9.17) is 14.4 Å². The summed E-state index contributed by atoms with van der Waals surface area (Å²) < 4.78 is 35.6. The highest BCUT2D eigenvalue weighted by atomic mass is 32.2. The lowest BCUT2D eigenvalue weighted by Crippen LogP contribution is -2.42. The van der Waals surface area contributed by atoms with Gasteiger partial charge in [-0.25, -0.2) is 9.59 Å². The largest absolute Gasteiger partial charge is 0.480 e. The van der Waals surface area contributed by atoms with Crippen molar-refractivity contribution in [3.05, 3.63) is 59.7 Å². The Morgan fingerprint density at radius 3 is 2.07 bits per heavy atom. The van der Waals surface area contributed by atoms with Gasteiger partial charge in [-0.1, -0.05) is 48.5 Å². The molecule has 0 heterocycles. The van der Waals surface area contributed by atoms with Gasteiger partial charge < -0.3 is 15.2 Å². The molecule has 9 heteroatoms. The molecule has 0 aliphatic heterocycles. The smallest absolute Gasteiger partial charge is 0.407 e. The number of hydrogen-bond acceptors (Lipinski definition) is 5. The molecule has 3 rings (SSSR count). The Balaban J connectivity index is 1.66. The minimum Gasteiger partial charge on any atom is -0.480 e. The number of carbonyl (C=O) groups is 2. The third-order valence-electron chi connectivity index (χ3n) is 4.60. The van der Waals surface area contributed by atoms with Gasteiger partial charge in [0.05, 0.1) is 5.75 Å². The summed E-state index contributed by atoms with van der Waals surface area (Å²) in [5.41, 5.74) is 4.14. The van der Waals surface area contributed by atoms with Crippen molar-refractivity contribution in [1.82, 2.24) is 5.32 Å². The number of alkyl carbamates (subject to hydrolysis) is 1. The molecule has 0 saturated heterocycles. The van der Waals surface area contributed by atoms with Crippen molar-refractivity contribution in [2.75, 3.05) is 12.4 Å². The van der Waals surface area contributed by atoms with E-state index in [1.807, 2.05) is 48.5 Å². The average Bonchev–Trinajstić information content (AvgIpc) is 2.96. The van der Waals surface area contributed by atoms with Crippen LogP contribution in [0.4, 0.5) is 4.79 Å². The number of ether oxygens (including phenoxy) is 1. The summed E-state index contributed by atoms with van der Waals surface area (Å²) in [4.78, 5) is 23.2. The monoisotopic (exact) mass is 405 g/mol. The van der Waals surface area contributed by atoms with Crippen LogP contribution in [0.15, 0.2) is 48.5 Å². The van der Waals surface area contributed by atoms with Gasteiger partial charge in [0.15, 0.2) is 0 Å². The van der Waals surface area contributed by atoms with E-state index in [0.717, 1.165) is 22.3 Å². The zero-order valence-corrected chi connectivity index (χ0v) is 15.6. The average molecular weight is 405 g/mol. The SMILES string of the molecule is O=C(N[C@@H](CCS(=O)(=O)O)C(=O)O)OCC1c2ccccc2-c2ccccc21. The topological polar surface area (TPSA) is 130 Å². The lowest BCUT2D eigenvalue weighted by molar-refractivity contribution is -0.139. The van der Waals surface area contributed by atoms with Gasteiger partial charge in [-0.05, 0) is 28.7 Å². The maximum absolute atomic E-state index is 12.1. The normalized spacial score (nSPS) is 14.0. The number of carboxylic acids is 1. The van der Waals surface area contributed by atoms with Crippen molar-refractivity contribution in [2.45, 2.75) is 18.4 Å². The van der Waals surface area contributed by atoms with E-state index in [-0.39, 0.29) is 12.5 Å². The van der Waals surface area contributed by atoms with Gasteiger partial charge in [-0.3, -0.25) is 4.55 Å². The quantitative estimate of drug-likeness (QED) is 0.602. The summed E-state index contributed by atoms with van der Waals surface area (Å²) >= 11 is 0. The lowest BCUT2D eigenvalue weighted by atomic mass is 9.98. The van der Waals surface area contributed by atoms with Crippen LogP contribution in [0.2, 0.25) is 0 Å². The van der Waals surface area contributed by atoms with E-state index in [9.17, 15) is 18.0 Å². The molecule has 3 N–H and O–H groups in total. The summed E-state index contributed by atoms with van der Waals surface area (Å²) in [5.74, 6) is -2.38. The van der Waals surface area contributed by atoms with E-state index in [1.54, 1.807) is 0 Å². The van der Waals surface area contributed by atoms with Crippen LogP contribution in [0, 0.1) is 0 Å². The van der Waals surface area contributed by atoms with Crippen LogP contribution < -0.4 is 5.32 Å². The Morgan fingerprint density at radius 2 is 1.57 bits per heavy atom. The van der Waals surface area contributed by atoms with E-state index < -0.39 is 40.4 Å². The van der Waals surface area contributed by atoms with Crippen LogP contribution in [0.1, 0.15) is 23.5 Å². The van der Waals surface area contributed by atoms with Crippen LogP contribution >= 0.6 is 0 Å². The fourth-order valence-electron chi connectivity index (χ4n) is 3.31. The Bertz CT molecular complexity index is 957. The summed E-state index contributed by atoms with van der Waals surface area (Å²) in [6.07, 6.45) is -1.44. The Kier molecular flexibility index (Phi) is 5.66. The van der Waals surface area contributed by atoms with Gasteiger partial charge in [-0.2, -0.15) is 8.42 Å². The second-order valence-corrected chi connectivity index (χ2v) is 8.01. The number of carboxylic acid groups (broad SMARTS) is 1. The van der Waals surface area contributed by atoms with Crippen molar-refractivity contribution < 1.29 is 32.4 Å². The van der Waals surface area contributed by atoms with Crippen molar-refractivity contribution in [3.8, 4) is 11.1 Å². The van der Waals surface area contributed by atoms with Gasteiger partial charge in [0, 0.05) is 5.92 Å². The maximum Gasteiger partial charge on any atom is 0.407 e. The molecule has 1 atom stereocenters. The maximum atomic E-state index is 12.1. The first-order valence-corrected chi connectivity index (χ1v) is 10.2. The molecular formula is C19H19NO7S. The third kappa shape index (κ3) is 4.49. The van der Waals surface area contributed by atoms with Crippen LogP contribution in [0.3, 0.4) is 0 Å². The summed E-state index contributed by atoms with van der Waals surface area (Å²) in [6, 6.07) is 14.0. The molecule has 1 amide bonds. The first kappa shape index (κ1) is 19.8. The fraction of sp³-hybridized carbons (Fsp3) is 0.263.